The summed E-state index contributed by atoms with van der Waals surface area (Å²) in [6, 6.07) is 6.17. The third-order valence-electron chi connectivity index (χ3n) is 6.53. The second kappa shape index (κ2) is 10.1. The lowest BCUT2D eigenvalue weighted by atomic mass is 10.0. The zero-order chi connectivity index (χ0) is 25.5. The number of aryl methyl sites for hydroxylation is 1. The van der Waals surface area contributed by atoms with Crippen LogP contribution < -0.4 is 17.0 Å². The summed E-state index contributed by atoms with van der Waals surface area (Å²) < 4.78 is 26.1. The molecule has 1 fully saturated rings. The van der Waals surface area contributed by atoms with Crippen molar-refractivity contribution >= 4 is 43.9 Å². The minimum atomic E-state index is -3.59. The molecule has 3 aromatic rings. The van der Waals surface area contributed by atoms with Gasteiger partial charge >= 0.3 is 5.69 Å². The van der Waals surface area contributed by atoms with Crippen molar-refractivity contribution in [3.63, 3.8) is 0 Å². The molecule has 2 aromatic carbocycles. The van der Waals surface area contributed by atoms with Crippen molar-refractivity contribution in [1.82, 2.24) is 14.5 Å². The molecule has 8 nitrogen and oxygen atoms in total. The first-order chi connectivity index (χ1) is 16.5. The summed E-state index contributed by atoms with van der Waals surface area (Å²) >= 11 is 12.8. The smallest absolute Gasteiger partial charge is 0.327 e. The highest BCUT2D eigenvalue weighted by atomic mass is 35.5. The lowest BCUT2D eigenvalue weighted by Crippen LogP contribution is -2.42. The number of hydrogen-bond acceptors (Lipinski definition) is 6. The van der Waals surface area contributed by atoms with Crippen molar-refractivity contribution in [2.24, 2.45) is 5.73 Å². The van der Waals surface area contributed by atoms with Crippen LogP contribution in [-0.2, 0) is 22.9 Å². The van der Waals surface area contributed by atoms with Gasteiger partial charge in [0.25, 0.3) is 5.56 Å². The fraction of sp³-hybridized carbons (Fsp3) is 0.417. The fourth-order valence-electron chi connectivity index (χ4n) is 4.62. The number of nitrogens with zero attached hydrogens (tertiary/aromatic N) is 2. The van der Waals surface area contributed by atoms with E-state index in [1.165, 1.54) is 25.1 Å². The molecule has 1 saturated heterocycles. The predicted octanol–water partition coefficient (Wildman–Crippen LogP) is 3.07. The number of aromatic amines is 1. The minimum Gasteiger partial charge on any atom is -0.327 e. The van der Waals surface area contributed by atoms with Crippen LogP contribution in [0.2, 0.25) is 10.0 Å². The summed E-state index contributed by atoms with van der Waals surface area (Å²) in [5.41, 5.74) is 7.08. The number of rotatable bonds is 6. The molecule has 0 aliphatic carbocycles. The molecule has 11 heteroatoms. The SMILES string of the molecule is CCS(=O)(=O)c1ccc(Cl)cc1Cn1c(=O)[nH]c2c(Cl)c(CN3CCC[C@@H](N)C3)c(C)cc2c1=O. The third-order valence-corrected chi connectivity index (χ3v) is 9.01. The molecular weight excluding hydrogens is 511 g/mol. The minimum absolute atomic E-state index is 0.0418. The number of hydrogen-bond donors (Lipinski definition) is 2. The van der Waals surface area contributed by atoms with E-state index in [4.69, 9.17) is 28.9 Å². The largest absolute Gasteiger partial charge is 0.329 e. The summed E-state index contributed by atoms with van der Waals surface area (Å²) in [7, 11) is -3.59. The van der Waals surface area contributed by atoms with Crippen LogP contribution in [0.15, 0.2) is 38.8 Å². The average molecular weight is 539 g/mol. The van der Waals surface area contributed by atoms with Gasteiger partial charge in [0, 0.05) is 24.2 Å². The summed E-state index contributed by atoms with van der Waals surface area (Å²) in [6.45, 7) is 5.39. The Bertz CT molecular complexity index is 1510. The molecule has 1 aliphatic heterocycles. The average Bonchev–Trinajstić information content (AvgIpc) is 2.80. The van der Waals surface area contributed by atoms with Gasteiger partial charge in [-0.3, -0.25) is 14.3 Å². The van der Waals surface area contributed by atoms with Gasteiger partial charge in [0.05, 0.1) is 33.1 Å². The van der Waals surface area contributed by atoms with E-state index in [2.05, 4.69) is 9.88 Å². The second-order valence-corrected chi connectivity index (χ2v) is 12.1. The highest BCUT2D eigenvalue weighted by Gasteiger charge is 2.22. The highest BCUT2D eigenvalue weighted by Crippen LogP contribution is 2.29. The molecular formula is C24H28Cl2N4O4S. The molecule has 0 unspecified atom stereocenters. The molecule has 0 amide bonds. The van der Waals surface area contributed by atoms with Crippen LogP contribution in [0.4, 0.5) is 0 Å². The molecule has 0 spiro atoms. The Balaban J connectivity index is 1.80. The topological polar surface area (TPSA) is 118 Å². The molecule has 0 radical (unpaired) electrons. The Hall–Kier alpha value is -2.17. The highest BCUT2D eigenvalue weighted by molar-refractivity contribution is 7.91. The Morgan fingerprint density at radius 1 is 1.17 bits per heavy atom. The molecule has 4 rings (SSSR count). The van der Waals surface area contributed by atoms with Gasteiger partial charge in [0.1, 0.15) is 0 Å². The van der Waals surface area contributed by atoms with Crippen LogP contribution in [-0.4, -0.2) is 47.8 Å². The quantitative estimate of drug-likeness (QED) is 0.497. The van der Waals surface area contributed by atoms with Crippen molar-refractivity contribution < 1.29 is 8.42 Å². The molecule has 35 heavy (non-hydrogen) atoms. The lowest BCUT2D eigenvalue weighted by molar-refractivity contribution is 0.201. The summed E-state index contributed by atoms with van der Waals surface area (Å²) in [5, 5.41) is 0.895. The number of H-pyrrole nitrogens is 1. The van der Waals surface area contributed by atoms with Gasteiger partial charge in [-0.05, 0) is 67.3 Å². The van der Waals surface area contributed by atoms with Gasteiger partial charge in [0.15, 0.2) is 9.84 Å². The van der Waals surface area contributed by atoms with E-state index in [1.54, 1.807) is 6.07 Å². The van der Waals surface area contributed by atoms with Gasteiger partial charge in [-0.25, -0.2) is 13.2 Å². The number of nitrogens with two attached hydrogens (primary N) is 1. The Kier molecular flexibility index (Phi) is 7.45. The van der Waals surface area contributed by atoms with E-state index < -0.39 is 21.1 Å². The molecule has 0 bridgehead atoms. The van der Waals surface area contributed by atoms with Gasteiger partial charge in [-0.15, -0.1) is 0 Å². The molecule has 1 aliphatic rings. The number of sulfone groups is 1. The normalized spacial score (nSPS) is 17.2. The summed E-state index contributed by atoms with van der Waals surface area (Å²) in [5.74, 6) is -0.121. The third kappa shape index (κ3) is 5.20. The zero-order valence-electron chi connectivity index (χ0n) is 19.6. The van der Waals surface area contributed by atoms with Crippen molar-refractivity contribution in [2.45, 2.75) is 50.7 Å². The molecule has 188 valence electrons. The van der Waals surface area contributed by atoms with E-state index in [-0.39, 0.29) is 39.7 Å². The monoisotopic (exact) mass is 538 g/mol. The van der Waals surface area contributed by atoms with E-state index in [9.17, 15) is 18.0 Å². The lowest BCUT2D eigenvalue weighted by Gasteiger charge is -2.31. The maximum Gasteiger partial charge on any atom is 0.329 e. The molecule has 1 atom stereocenters. The number of piperidine rings is 1. The number of benzene rings is 2. The first-order valence-corrected chi connectivity index (χ1v) is 13.9. The second-order valence-electron chi connectivity index (χ2n) is 9.02. The molecule has 2 heterocycles. The number of aromatic nitrogens is 2. The zero-order valence-corrected chi connectivity index (χ0v) is 21.9. The van der Waals surface area contributed by atoms with Crippen LogP contribution >= 0.6 is 23.2 Å². The van der Waals surface area contributed by atoms with E-state index in [0.29, 0.717) is 16.6 Å². The fourth-order valence-corrected chi connectivity index (χ4v) is 6.28. The Morgan fingerprint density at radius 3 is 2.60 bits per heavy atom. The van der Waals surface area contributed by atoms with Gasteiger partial charge in [-0.1, -0.05) is 30.1 Å². The van der Waals surface area contributed by atoms with Crippen molar-refractivity contribution in [3.05, 3.63) is 71.8 Å². The van der Waals surface area contributed by atoms with Crippen LogP contribution in [0.5, 0.6) is 0 Å². The van der Waals surface area contributed by atoms with Gasteiger partial charge < -0.3 is 10.7 Å². The maximum absolute atomic E-state index is 13.4. The number of nitrogens with one attached hydrogen (secondary N) is 1. The summed E-state index contributed by atoms with van der Waals surface area (Å²) in [6.07, 6.45) is 1.99. The Morgan fingerprint density at radius 2 is 1.91 bits per heavy atom. The number of fused-ring (bicyclic) bond motifs is 1. The van der Waals surface area contributed by atoms with Crippen LogP contribution in [0, 0.1) is 6.92 Å². The van der Waals surface area contributed by atoms with Crippen molar-refractivity contribution in [1.29, 1.82) is 0 Å². The van der Waals surface area contributed by atoms with E-state index >= 15 is 0 Å². The first-order valence-electron chi connectivity index (χ1n) is 11.5. The number of likely N-dealkylation sites (tertiary alicyclic amines) is 1. The van der Waals surface area contributed by atoms with Gasteiger partial charge in [0.2, 0.25) is 0 Å². The van der Waals surface area contributed by atoms with Crippen LogP contribution in [0.3, 0.4) is 0 Å². The predicted molar refractivity (Wildman–Crippen MR) is 139 cm³/mol. The van der Waals surface area contributed by atoms with E-state index in [1.807, 2.05) is 6.92 Å². The van der Waals surface area contributed by atoms with E-state index in [0.717, 1.165) is 41.6 Å². The van der Waals surface area contributed by atoms with Crippen molar-refractivity contribution in [2.75, 3.05) is 18.8 Å². The standard InChI is InChI=1S/C24H28Cl2N4O4S/c1-3-35(33,34)20-7-6-16(25)10-15(20)11-30-23(31)18-9-14(2)19(21(26)22(18)28-24(30)32)13-29-8-4-5-17(27)12-29/h6-7,9-10,17H,3-5,8,11-13,27H2,1-2H3,(H,28,32)/t17-/m1/s1. The van der Waals surface area contributed by atoms with Crippen molar-refractivity contribution in [3.8, 4) is 0 Å². The molecule has 3 N–H and O–H groups in total. The molecule has 1 aromatic heterocycles. The number of halogens is 2. The Labute approximate surface area is 213 Å². The van der Waals surface area contributed by atoms with Crippen LogP contribution in [0.1, 0.15) is 36.5 Å². The van der Waals surface area contributed by atoms with Crippen LogP contribution in [0.25, 0.3) is 10.9 Å². The first kappa shape index (κ1) is 25.9. The maximum atomic E-state index is 13.4. The molecule has 0 saturated carbocycles. The summed E-state index contributed by atoms with van der Waals surface area (Å²) in [4.78, 5) is 31.4. The van der Waals surface area contributed by atoms with Gasteiger partial charge in [-0.2, -0.15) is 0 Å².